The quantitative estimate of drug-likeness (QED) is 0.692. The second-order valence-corrected chi connectivity index (χ2v) is 2.86. The van der Waals surface area contributed by atoms with Gasteiger partial charge in [-0.05, 0) is 0 Å². The minimum atomic E-state index is -3.77. The van der Waals surface area contributed by atoms with E-state index in [0.717, 1.165) is 12.1 Å². The van der Waals surface area contributed by atoms with Gasteiger partial charge in [-0.3, -0.25) is 0 Å². The van der Waals surface area contributed by atoms with Crippen LogP contribution in [0.5, 0.6) is 11.5 Å². The van der Waals surface area contributed by atoms with Crippen molar-refractivity contribution in [3.63, 3.8) is 0 Å². The Morgan fingerprint density at radius 1 is 1.33 bits per heavy atom. The number of fused-ring (bicyclic) bond motifs is 1. The Labute approximate surface area is 82.0 Å². The molecule has 80 valence electrons. The summed E-state index contributed by atoms with van der Waals surface area (Å²) in [5.74, 6) is -1.94. The molecule has 5 nitrogen and oxygen atoms in total. The fourth-order valence-electron chi connectivity index (χ4n) is 1.20. The molecule has 0 bridgehead atoms. The van der Waals surface area contributed by atoms with Gasteiger partial charge in [-0.2, -0.15) is 0 Å². The number of anilines is 1. The Balaban J connectivity index is 2.50. The molecule has 0 amide bonds. The van der Waals surface area contributed by atoms with E-state index in [-0.39, 0.29) is 22.7 Å². The largest absolute Gasteiger partial charge is 0.586 e. The van der Waals surface area contributed by atoms with E-state index < -0.39 is 12.3 Å². The van der Waals surface area contributed by atoms with Crippen LogP contribution >= 0.6 is 0 Å². The van der Waals surface area contributed by atoms with Crippen LogP contribution in [0.4, 0.5) is 14.5 Å². The maximum atomic E-state index is 12.6. The number of hydrogen-bond donors (Lipinski definition) is 2. The number of benzene rings is 1. The number of carboxylic acids is 1. The van der Waals surface area contributed by atoms with Gasteiger partial charge in [0.25, 0.3) is 0 Å². The van der Waals surface area contributed by atoms with Gasteiger partial charge in [0.05, 0.1) is 11.3 Å². The van der Waals surface area contributed by atoms with Gasteiger partial charge in [0.15, 0.2) is 11.5 Å². The molecule has 0 saturated carbocycles. The first-order chi connectivity index (χ1) is 6.89. The van der Waals surface area contributed by atoms with Crippen LogP contribution in [0.15, 0.2) is 12.1 Å². The summed E-state index contributed by atoms with van der Waals surface area (Å²) in [6.07, 6.45) is -3.77. The SMILES string of the molecule is Nc1cc2c(cc1C(=O)O)OC(F)(F)O2. The molecule has 1 aliphatic heterocycles. The van der Waals surface area contributed by atoms with Gasteiger partial charge in [-0.15, -0.1) is 8.78 Å². The lowest BCUT2D eigenvalue weighted by Crippen LogP contribution is -2.25. The first kappa shape index (κ1) is 9.50. The number of rotatable bonds is 1. The summed E-state index contributed by atoms with van der Waals surface area (Å²) in [5.41, 5.74) is 4.85. The monoisotopic (exact) mass is 217 g/mol. The second-order valence-electron chi connectivity index (χ2n) is 2.86. The molecular formula is C8H5F2NO4. The highest BCUT2D eigenvalue weighted by atomic mass is 19.3. The van der Waals surface area contributed by atoms with Crippen LogP contribution in [0.3, 0.4) is 0 Å². The number of halogens is 2. The molecule has 0 atom stereocenters. The van der Waals surface area contributed by atoms with Gasteiger partial charge in [-0.25, -0.2) is 4.79 Å². The number of ether oxygens (including phenoxy) is 2. The number of hydrogen-bond acceptors (Lipinski definition) is 4. The predicted molar refractivity (Wildman–Crippen MR) is 44.0 cm³/mol. The van der Waals surface area contributed by atoms with Gasteiger partial charge in [0, 0.05) is 12.1 Å². The third-order valence-electron chi connectivity index (χ3n) is 1.80. The van der Waals surface area contributed by atoms with E-state index in [0.29, 0.717) is 0 Å². The first-order valence-corrected chi connectivity index (χ1v) is 3.82. The van der Waals surface area contributed by atoms with Crippen molar-refractivity contribution in [2.45, 2.75) is 6.29 Å². The van der Waals surface area contributed by atoms with Crippen LogP contribution < -0.4 is 15.2 Å². The Morgan fingerprint density at radius 3 is 2.40 bits per heavy atom. The number of carbonyl (C=O) groups is 1. The zero-order chi connectivity index (χ0) is 11.2. The van der Waals surface area contributed by atoms with E-state index in [9.17, 15) is 13.6 Å². The van der Waals surface area contributed by atoms with Crippen molar-refractivity contribution in [1.82, 2.24) is 0 Å². The van der Waals surface area contributed by atoms with E-state index in [4.69, 9.17) is 10.8 Å². The standard InChI is InChI=1S/C8H5F2NO4/c9-8(10)14-5-1-3(7(12)13)4(11)2-6(5)15-8/h1-2H,11H2,(H,12,13). The maximum absolute atomic E-state index is 12.6. The molecule has 0 unspecified atom stereocenters. The highest BCUT2D eigenvalue weighted by Crippen LogP contribution is 2.43. The predicted octanol–water partition coefficient (Wildman–Crippen LogP) is 1.29. The van der Waals surface area contributed by atoms with E-state index in [1.54, 1.807) is 0 Å². The van der Waals surface area contributed by atoms with Crippen molar-refractivity contribution in [1.29, 1.82) is 0 Å². The number of alkyl halides is 2. The first-order valence-electron chi connectivity index (χ1n) is 3.82. The van der Waals surface area contributed by atoms with Crippen LogP contribution in [0.25, 0.3) is 0 Å². The van der Waals surface area contributed by atoms with Gasteiger partial charge in [-0.1, -0.05) is 0 Å². The van der Waals surface area contributed by atoms with Crippen molar-refractivity contribution in [3.8, 4) is 11.5 Å². The third-order valence-corrected chi connectivity index (χ3v) is 1.80. The Hall–Kier alpha value is -2.05. The summed E-state index contributed by atoms with van der Waals surface area (Å²) in [4.78, 5) is 10.6. The molecule has 0 fully saturated rings. The van der Waals surface area contributed by atoms with Crippen LogP contribution in [0.1, 0.15) is 10.4 Å². The summed E-state index contributed by atoms with van der Waals surface area (Å²) in [7, 11) is 0. The summed E-state index contributed by atoms with van der Waals surface area (Å²) in [6, 6.07) is 1.88. The van der Waals surface area contributed by atoms with Crippen LogP contribution in [-0.4, -0.2) is 17.4 Å². The molecule has 0 radical (unpaired) electrons. The normalized spacial score (nSPS) is 16.4. The molecule has 7 heteroatoms. The van der Waals surface area contributed by atoms with Crippen LogP contribution in [0.2, 0.25) is 0 Å². The summed E-state index contributed by atoms with van der Waals surface area (Å²) in [5, 5.41) is 8.66. The highest BCUT2D eigenvalue weighted by molar-refractivity contribution is 5.94. The minimum absolute atomic E-state index is 0.164. The second kappa shape index (κ2) is 2.72. The van der Waals surface area contributed by atoms with Gasteiger partial charge in [0.2, 0.25) is 0 Å². The molecule has 0 spiro atoms. The van der Waals surface area contributed by atoms with Crippen molar-refractivity contribution in [2.75, 3.05) is 5.73 Å². The Kier molecular flexibility index (Phi) is 1.72. The number of nitrogen functional groups attached to an aromatic ring is 1. The molecule has 1 aromatic rings. The molecule has 15 heavy (non-hydrogen) atoms. The highest BCUT2D eigenvalue weighted by Gasteiger charge is 2.44. The summed E-state index contributed by atoms with van der Waals surface area (Å²) in [6.45, 7) is 0. The Bertz CT molecular complexity index is 447. The van der Waals surface area contributed by atoms with Crippen molar-refractivity contribution < 1.29 is 28.2 Å². The summed E-state index contributed by atoms with van der Waals surface area (Å²) >= 11 is 0. The average Bonchev–Trinajstić information content (AvgIpc) is 2.36. The molecule has 0 aromatic heterocycles. The minimum Gasteiger partial charge on any atom is -0.478 e. The van der Waals surface area contributed by atoms with Gasteiger partial charge < -0.3 is 20.3 Å². The van der Waals surface area contributed by atoms with Crippen molar-refractivity contribution in [2.24, 2.45) is 0 Å². The molecule has 1 heterocycles. The zero-order valence-electron chi connectivity index (χ0n) is 7.16. The van der Waals surface area contributed by atoms with E-state index >= 15 is 0 Å². The number of aromatic carboxylic acids is 1. The molecular weight excluding hydrogens is 212 g/mol. The number of nitrogens with two attached hydrogens (primary N) is 1. The van der Waals surface area contributed by atoms with Crippen LogP contribution in [-0.2, 0) is 0 Å². The van der Waals surface area contributed by atoms with Gasteiger partial charge in [0.1, 0.15) is 0 Å². The number of carboxylic acid groups (broad SMARTS) is 1. The van der Waals surface area contributed by atoms with Gasteiger partial charge >= 0.3 is 12.3 Å². The molecule has 0 aliphatic carbocycles. The van der Waals surface area contributed by atoms with Crippen LogP contribution in [0, 0.1) is 0 Å². The maximum Gasteiger partial charge on any atom is 0.586 e. The van der Waals surface area contributed by atoms with Crippen molar-refractivity contribution in [3.05, 3.63) is 17.7 Å². The van der Waals surface area contributed by atoms with E-state index in [1.165, 1.54) is 0 Å². The van der Waals surface area contributed by atoms with E-state index in [2.05, 4.69) is 9.47 Å². The average molecular weight is 217 g/mol. The van der Waals surface area contributed by atoms with E-state index in [1.807, 2.05) is 0 Å². The topological polar surface area (TPSA) is 81.8 Å². The lowest BCUT2D eigenvalue weighted by atomic mass is 10.1. The molecule has 1 aliphatic rings. The lowest BCUT2D eigenvalue weighted by Gasteiger charge is -2.04. The zero-order valence-corrected chi connectivity index (χ0v) is 7.16. The third kappa shape index (κ3) is 1.51. The molecule has 0 saturated heterocycles. The summed E-state index contributed by atoms with van der Waals surface area (Å²) < 4.78 is 33.3. The van der Waals surface area contributed by atoms with Crippen molar-refractivity contribution >= 4 is 11.7 Å². The lowest BCUT2D eigenvalue weighted by molar-refractivity contribution is -0.286. The smallest absolute Gasteiger partial charge is 0.478 e. The fourth-order valence-corrected chi connectivity index (χ4v) is 1.20. The fraction of sp³-hybridized carbons (Fsp3) is 0.125. The Morgan fingerprint density at radius 2 is 1.87 bits per heavy atom. The molecule has 2 rings (SSSR count). The molecule has 3 N–H and O–H groups in total. The molecule has 1 aromatic carbocycles.